The van der Waals surface area contributed by atoms with Crippen LogP contribution in [-0.4, -0.2) is 79.6 Å². The van der Waals surface area contributed by atoms with E-state index in [0.717, 1.165) is 45.0 Å². The van der Waals surface area contributed by atoms with E-state index in [4.69, 9.17) is 4.99 Å². The Kier molecular flexibility index (Phi) is 6.26. The average molecular weight is 352 g/mol. The Labute approximate surface area is 150 Å². The van der Waals surface area contributed by atoms with Crippen molar-refractivity contribution >= 4 is 17.9 Å². The first-order valence-corrected chi connectivity index (χ1v) is 9.11. The summed E-state index contributed by atoms with van der Waals surface area (Å²) in [6.07, 6.45) is 1.69. The van der Waals surface area contributed by atoms with Gasteiger partial charge in [-0.15, -0.1) is 0 Å². The minimum atomic E-state index is -0.794. The largest absolute Gasteiger partial charge is 0.357 e. The fourth-order valence-electron chi connectivity index (χ4n) is 3.32. The zero-order valence-electron chi connectivity index (χ0n) is 16.1. The van der Waals surface area contributed by atoms with Crippen molar-refractivity contribution in [2.75, 3.05) is 40.3 Å². The number of hydrogen-bond donors (Lipinski definition) is 3. The number of carbonyl (C=O) groups is 2. The molecule has 2 rings (SSSR count). The first kappa shape index (κ1) is 19.5. The summed E-state index contributed by atoms with van der Waals surface area (Å²) >= 11 is 0. The number of amides is 3. The van der Waals surface area contributed by atoms with Gasteiger partial charge in [0.2, 0.25) is 0 Å². The molecule has 0 aromatic carbocycles. The smallest absolute Gasteiger partial charge is 0.322 e. The Bertz CT molecular complexity index is 527. The Morgan fingerprint density at radius 3 is 2.52 bits per heavy atom. The highest BCUT2D eigenvalue weighted by atomic mass is 16.2. The van der Waals surface area contributed by atoms with Gasteiger partial charge in [-0.05, 0) is 53.6 Å². The van der Waals surface area contributed by atoms with Crippen LogP contribution in [0.1, 0.15) is 33.6 Å². The van der Waals surface area contributed by atoms with Crippen molar-refractivity contribution in [1.29, 1.82) is 0 Å². The zero-order valence-corrected chi connectivity index (χ0v) is 16.1. The third-order valence-corrected chi connectivity index (χ3v) is 5.40. The molecule has 0 bridgehead atoms. The predicted octanol–water partition coefficient (Wildman–Crippen LogP) is 0.212. The molecule has 25 heavy (non-hydrogen) atoms. The van der Waals surface area contributed by atoms with Crippen LogP contribution < -0.4 is 16.0 Å². The average Bonchev–Trinajstić information content (AvgIpc) is 2.84. The lowest BCUT2D eigenvalue weighted by Crippen LogP contribution is -2.55. The maximum absolute atomic E-state index is 12.1. The third kappa shape index (κ3) is 4.42. The van der Waals surface area contributed by atoms with Gasteiger partial charge in [-0.3, -0.25) is 15.1 Å². The number of aliphatic imine (C=N–C) groups is 1. The van der Waals surface area contributed by atoms with Crippen LogP contribution in [0.3, 0.4) is 0 Å². The Hall–Kier alpha value is -1.83. The number of rotatable bonds is 5. The van der Waals surface area contributed by atoms with E-state index in [2.05, 4.69) is 53.7 Å². The van der Waals surface area contributed by atoms with Crippen LogP contribution >= 0.6 is 0 Å². The van der Waals surface area contributed by atoms with Crippen LogP contribution in [-0.2, 0) is 4.79 Å². The fraction of sp³-hybridized carbons (Fsp3) is 0.824. The molecule has 0 radical (unpaired) electrons. The third-order valence-electron chi connectivity index (χ3n) is 5.40. The molecule has 0 aromatic rings. The first-order valence-electron chi connectivity index (χ1n) is 9.11. The van der Waals surface area contributed by atoms with Crippen molar-refractivity contribution in [1.82, 2.24) is 25.8 Å². The van der Waals surface area contributed by atoms with E-state index in [-0.39, 0.29) is 17.9 Å². The maximum atomic E-state index is 12.1. The molecule has 3 amide bonds. The molecule has 2 aliphatic rings. The van der Waals surface area contributed by atoms with Gasteiger partial charge in [-0.1, -0.05) is 0 Å². The van der Waals surface area contributed by atoms with Crippen molar-refractivity contribution in [2.45, 2.75) is 45.2 Å². The lowest BCUT2D eigenvalue weighted by molar-refractivity contribution is -0.125. The lowest BCUT2D eigenvalue weighted by Gasteiger charge is -2.39. The number of carbonyl (C=O) groups excluding carboxylic acids is 2. The van der Waals surface area contributed by atoms with Crippen molar-refractivity contribution in [3.63, 3.8) is 0 Å². The van der Waals surface area contributed by atoms with E-state index in [1.807, 2.05) is 6.92 Å². The van der Waals surface area contributed by atoms with E-state index in [0.29, 0.717) is 6.04 Å². The minimum Gasteiger partial charge on any atom is -0.357 e. The molecule has 0 aliphatic carbocycles. The number of piperidine rings is 1. The number of nitrogens with zero attached hydrogens (tertiary/aromatic N) is 3. The summed E-state index contributed by atoms with van der Waals surface area (Å²) in [5.74, 6) is 0.856. The standard InChI is InChI=1S/C17H32N6O2/c1-6-18-15(19-11-12(2)22(4)5)23-9-7-13(8-10-23)17(3)14(24)20-16(25)21-17/h12-13H,6-11H2,1-5H3,(H,18,19)(H2,20,21,24,25). The number of likely N-dealkylation sites (tertiary alicyclic amines) is 1. The molecule has 0 aromatic heterocycles. The minimum absolute atomic E-state index is 0.138. The number of urea groups is 1. The van der Waals surface area contributed by atoms with E-state index >= 15 is 0 Å². The number of guanidine groups is 1. The van der Waals surface area contributed by atoms with Gasteiger partial charge in [-0.2, -0.15) is 0 Å². The second kappa shape index (κ2) is 8.03. The van der Waals surface area contributed by atoms with Gasteiger partial charge in [-0.25, -0.2) is 4.79 Å². The summed E-state index contributed by atoms with van der Waals surface area (Å²) in [4.78, 5) is 32.8. The van der Waals surface area contributed by atoms with Gasteiger partial charge in [0, 0.05) is 25.7 Å². The second-order valence-electron chi connectivity index (χ2n) is 7.38. The number of hydrogen-bond acceptors (Lipinski definition) is 4. The fourth-order valence-corrected chi connectivity index (χ4v) is 3.32. The molecule has 2 unspecified atom stereocenters. The predicted molar refractivity (Wildman–Crippen MR) is 98.5 cm³/mol. The Balaban J connectivity index is 1.97. The molecule has 3 N–H and O–H groups in total. The molecule has 142 valence electrons. The summed E-state index contributed by atoms with van der Waals surface area (Å²) in [7, 11) is 4.11. The van der Waals surface area contributed by atoms with Gasteiger partial charge >= 0.3 is 6.03 Å². The summed E-state index contributed by atoms with van der Waals surface area (Å²) < 4.78 is 0. The van der Waals surface area contributed by atoms with E-state index in [9.17, 15) is 9.59 Å². The lowest BCUT2D eigenvalue weighted by atomic mass is 9.79. The molecule has 8 nitrogen and oxygen atoms in total. The highest BCUT2D eigenvalue weighted by molar-refractivity contribution is 6.07. The van der Waals surface area contributed by atoms with Gasteiger partial charge < -0.3 is 20.4 Å². The first-order chi connectivity index (χ1) is 11.8. The molecule has 0 spiro atoms. The van der Waals surface area contributed by atoms with E-state index < -0.39 is 5.54 Å². The molecular weight excluding hydrogens is 320 g/mol. The van der Waals surface area contributed by atoms with Crippen LogP contribution in [0.2, 0.25) is 0 Å². The van der Waals surface area contributed by atoms with Crippen LogP contribution in [0.5, 0.6) is 0 Å². The molecule has 2 atom stereocenters. The van der Waals surface area contributed by atoms with E-state index in [1.54, 1.807) is 0 Å². The van der Waals surface area contributed by atoms with Crippen LogP contribution in [0.15, 0.2) is 4.99 Å². The molecule has 2 fully saturated rings. The summed E-state index contributed by atoms with van der Waals surface area (Å²) in [5.41, 5.74) is -0.794. The van der Waals surface area contributed by atoms with Crippen LogP contribution in [0.25, 0.3) is 0 Å². The molecule has 8 heteroatoms. The van der Waals surface area contributed by atoms with E-state index in [1.165, 1.54) is 0 Å². The van der Waals surface area contributed by atoms with Gasteiger partial charge in [0.15, 0.2) is 5.96 Å². The zero-order chi connectivity index (χ0) is 18.6. The number of likely N-dealkylation sites (N-methyl/N-ethyl adjacent to an activating group) is 1. The molecule has 2 aliphatic heterocycles. The van der Waals surface area contributed by atoms with Crippen LogP contribution in [0.4, 0.5) is 4.79 Å². The summed E-state index contributed by atoms with van der Waals surface area (Å²) in [6.45, 7) is 9.26. The highest BCUT2D eigenvalue weighted by Gasteiger charge is 2.48. The Morgan fingerprint density at radius 1 is 1.40 bits per heavy atom. The molecular formula is C17H32N6O2. The highest BCUT2D eigenvalue weighted by Crippen LogP contribution is 2.30. The van der Waals surface area contributed by atoms with Gasteiger partial charge in [0.05, 0.1) is 6.54 Å². The summed E-state index contributed by atoms with van der Waals surface area (Å²) in [6, 6.07) is -0.00925. The van der Waals surface area contributed by atoms with Crippen molar-refractivity contribution in [2.24, 2.45) is 10.9 Å². The van der Waals surface area contributed by atoms with Gasteiger partial charge in [0.1, 0.15) is 5.54 Å². The van der Waals surface area contributed by atoms with Crippen molar-refractivity contribution in [3.05, 3.63) is 0 Å². The van der Waals surface area contributed by atoms with Crippen molar-refractivity contribution in [3.8, 4) is 0 Å². The molecule has 2 saturated heterocycles. The Morgan fingerprint density at radius 2 is 2.04 bits per heavy atom. The SMILES string of the molecule is CCNC(=NCC(C)N(C)C)N1CCC(C2(C)NC(=O)NC2=O)CC1. The second-order valence-corrected chi connectivity index (χ2v) is 7.38. The molecule has 0 saturated carbocycles. The number of nitrogens with one attached hydrogen (secondary N) is 3. The quantitative estimate of drug-likeness (QED) is 0.374. The van der Waals surface area contributed by atoms with Crippen LogP contribution in [0, 0.1) is 5.92 Å². The maximum Gasteiger partial charge on any atom is 0.322 e. The number of imide groups is 1. The normalized spacial score (nSPS) is 26.6. The summed E-state index contributed by atoms with van der Waals surface area (Å²) in [5, 5.41) is 8.53. The molecule has 2 heterocycles. The van der Waals surface area contributed by atoms with Gasteiger partial charge in [0.25, 0.3) is 5.91 Å². The van der Waals surface area contributed by atoms with Crippen molar-refractivity contribution < 1.29 is 9.59 Å². The topological polar surface area (TPSA) is 89.1 Å². The monoisotopic (exact) mass is 352 g/mol.